The van der Waals surface area contributed by atoms with Crippen molar-refractivity contribution in [3.8, 4) is 11.8 Å². The number of carbonyl (C=O) groups excluding carboxylic acids is 1. The monoisotopic (exact) mass is 571 g/mol. The first kappa shape index (κ1) is 29.0. The summed E-state index contributed by atoms with van der Waals surface area (Å²) in [7, 11) is -4.34. The molecule has 40 heavy (non-hydrogen) atoms. The smallest absolute Gasteiger partial charge is 0.459 e. The Labute approximate surface area is 229 Å². The van der Waals surface area contributed by atoms with Crippen LogP contribution in [0.2, 0.25) is 0 Å². The van der Waals surface area contributed by atoms with E-state index in [9.17, 15) is 24.5 Å². The number of fused-ring (bicyclic) bond motifs is 1. The molecule has 14 nitrogen and oxygen atoms in total. The second-order valence-electron chi connectivity index (χ2n) is 9.66. The molecule has 0 saturated heterocycles. The van der Waals surface area contributed by atoms with Crippen LogP contribution in [0.3, 0.4) is 0 Å². The first-order valence-electron chi connectivity index (χ1n) is 12.4. The number of rotatable bonds is 10. The molecule has 0 spiro atoms. The lowest BCUT2D eigenvalue weighted by molar-refractivity contribution is -0.149. The van der Waals surface area contributed by atoms with E-state index in [0.717, 1.165) is 0 Å². The Balaban J connectivity index is 1.62. The van der Waals surface area contributed by atoms with E-state index in [2.05, 4.69) is 32.7 Å². The van der Waals surface area contributed by atoms with Crippen LogP contribution >= 0.6 is 7.75 Å². The molecule has 2 aromatic heterocycles. The van der Waals surface area contributed by atoms with Gasteiger partial charge in [-0.05, 0) is 44.9 Å². The molecule has 1 fully saturated rings. The molecule has 1 saturated carbocycles. The van der Waals surface area contributed by atoms with Crippen molar-refractivity contribution in [1.82, 2.24) is 24.6 Å². The Morgan fingerprint density at radius 2 is 2.10 bits per heavy atom. The molecule has 0 radical (unpaired) electrons. The Morgan fingerprint density at radius 1 is 1.40 bits per heavy atom. The standard InChI is InChI=1S/C25H30N7O7P/c1-14(2)38-23(35)16(4)31-40(36,39-17-8-6-5-7-9-17)37-12-25(11-26)15(3)18(10-19(25)33)32-13-28-20-21(32)29-24(27)30-22(20)34/h5-9,13-14,16,18-19,33H,3,10,12H2,1-2,4H3,(H,31,36)(H3,27,29,30,34)/t16-,18+,19+,25+,40-/m1/s1. The number of H-pyrrole nitrogens is 1. The maximum absolute atomic E-state index is 13.9. The molecule has 5 N–H and O–H groups in total. The number of ether oxygens (including phenoxy) is 1. The van der Waals surface area contributed by atoms with Crippen molar-refractivity contribution in [2.45, 2.75) is 51.5 Å². The number of aromatic amines is 1. The molecule has 1 aliphatic carbocycles. The Kier molecular flexibility index (Phi) is 8.13. The molecular weight excluding hydrogens is 541 g/mol. The second kappa shape index (κ2) is 11.2. The third-order valence-electron chi connectivity index (χ3n) is 6.46. The highest BCUT2D eigenvalue weighted by Crippen LogP contribution is 2.53. The molecule has 212 valence electrons. The number of aliphatic hydroxyl groups is 1. The van der Waals surface area contributed by atoms with Crippen molar-refractivity contribution in [3.05, 3.63) is 59.2 Å². The molecule has 0 amide bonds. The number of nitrogens with two attached hydrogens (primary N) is 1. The number of carbonyl (C=O) groups is 1. The maximum Gasteiger partial charge on any atom is 0.459 e. The van der Waals surface area contributed by atoms with E-state index in [1.165, 1.54) is 17.8 Å². The van der Waals surface area contributed by atoms with E-state index in [0.29, 0.717) is 0 Å². The van der Waals surface area contributed by atoms with Gasteiger partial charge in [-0.1, -0.05) is 24.8 Å². The number of nitrogen functional groups attached to an aromatic ring is 1. The Hall–Kier alpha value is -4.02. The number of aromatic nitrogens is 4. The van der Waals surface area contributed by atoms with E-state index in [4.69, 9.17) is 19.5 Å². The maximum atomic E-state index is 13.9. The lowest BCUT2D eigenvalue weighted by Crippen LogP contribution is -2.39. The lowest BCUT2D eigenvalue weighted by Gasteiger charge is -2.30. The van der Waals surface area contributed by atoms with Crippen molar-refractivity contribution in [2.75, 3.05) is 12.3 Å². The van der Waals surface area contributed by atoms with Gasteiger partial charge in [0, 0.05) is 0 Å². The van der Waals surface area contributed by atoms with Crippen molar-refractivity contribution in [1.29, 1.82) is 5.26 Å². The minimum absolute atomic E-state index is 0.00993. The molecular formula is C25H30N7O7P. The number of esters is 1. The van der Waals surface area contributed by atoms with Crippen LogP contribution in [-0.4, -0.2) is 55.5 Å². The molecule has 5 atom stereocenters. The van der Waals surface area contributed by atoms with Gasteiger partial charge in [-0.15, -0.1) is 0 Å². The predicted octanol–water partition coefficient (Wildman–Crippen LogP) is 2.21. The van der Waals surface area contributed by atoms with Gasteiger partial charge in [0.1, 0.15) is 17.2 Å². The fourth-order valence-electron chi connectivity index (χ4n) is 4.41. The number of hydrogen-bond acceptors (Lipinski definition) is 11. The van der Waals surface area contributed by atoms with Gasteiger partial charge in [0.05, 0.1) is 37.3 Å². The number of benzene rings is 1. The SMILES string of the molecule is C=C1[C@@H](n2cnc3c(=O)[nH]c(N)nc32)C[C@H](O)[C@@]1(C#N)CO[P@](=O)(N[C@H](C)C(=O)OC(C)C)Oc1ccccc1. The van der Waals surface area contributed by atoms with E-state index in [1.54, 1.807) is 44.2 Å². The number of imidazole rings is 1. The summed E-state index contributed by atoms with van der Waals surface area (Å²) in [4.78, 5) is 35.2. The van der Waals surface area contributed by atoms with Crippen molar-refractivity contribution in [2.24, 2.45) is 5.41 Å². The Morgan fingerprint density at radius 3 is 2.75 bits per heavy atom. The normalized spacial score (nSPS) is 23.1. The van der Waals surface area contributed by atoms with Gasteiger partial charge >= 0.3 is 13.7 Å². The van der Waals surface area contributed by atoms with Gasteiger partial charge in [-0.25, -0.2) is 9.55 Å². The third kappa shape index (κ3) is 5.64. The summed E-state index contributed by atoms with van der Waals surface area (Å²) in [5.41, 5.74) is 3.79. The van der Waals surface area contributed by atoms with Crippen LogP contribution in [0.1, 0.15) is 33.2 Å². The number of aliphatic hydroxyl groups excluding tert-OH is 1. The van der Waals surface area contributed by atoms with Gasteiger partial charge in [0.2, 0.25) is 5.95 Å². The van der Waals surface area contributed by atoms with Crippen LogP contribution < -0.4 is 20.9 Å². The summed E-state index contributed by atoms with van der Waals surface area (Å²) in [6.45, 7) is 8.21. The number of nitrogens with one attached hydrogen (secondary N) is 2. The van der Waals surface area contributed by atoms with E-state index in [1.807, 2.05) is 0 Å². The molecule has 2 heterocycles. The van der Waals surface area contributed by atoms with Gasteiger partial charge in [0.15, 0.2) is 11.2 Å². The van der Waals surface area contributed by atoms with Crippen LogP contribution in [0.25, 0.3) is 11.2 Å². The molecule has 4 rings (SSSR count). The average molecular weight is 572 g/mol. The van der Waals surface area contributed by atoms with Gasteiger partial charge in [-0.3, -0.25) is 19.1 Å². The average Bonchev–Trinajstić information content (AvgIpc) is 3.41. The third-order valence-corrected chi connectivity index (χ3v) is 8.09. The largest absolute Gasteiger partial charge is 0.462 e. The first-order chi connectivity index (χ1) is 18.9. The number of hydrogen-bond donors (Lipinski definition) is 4. The van der Waals surface area contributed by atoms with Crippen LogP contribution in [0.15, 0.2) is 53.6 Å². The molecule has 15 heteroatoms. The fraction of sp³-hybridized carbons (Fsp3) is 0.400. The minimum Gasteiger partial charge on any atom is -0.462 e. The second-order valence-corrected chi connectivity index (χ2v) is 11.4. The Bertz CT molecular complexity index is 1560. The first-order valence-corrected chi connectivity index (χ1v) is 13.9. The topological polar surface area (TPSA) is 207 Å². The van der Waals surface area contributed by atoms with Crippen molar-refractivity contribution >= 4 is 30.8 Å². The fourth-order valence-corrected chi connectivity index (χ4v) is 5.94. The highest BCUT2D eigenvalue weighted by molar-refractivity contribution is 7.52. The summed E-state index contributed by atoms with van der Waals surface area (Å²) in [6.07, 6.45) is -0.400. The zero-order valence-electron chi connectivity index (χ0n) is 22.1. The summed E-state index contributed by atoms with van der Waals surface area (Å²) >= 11 is 0. The molecule has 0 bridgehead atoms. The van der Waals surface area contributed by atoms with E-state index in [-0.39, 0.29) is 34.9 Å². The van der Waals surface area contributed by atoms with Gasteiger partial charge < -0.3 is 24.7 Å². The molecule has 0 unspecified atom stereocenters. The van der Waals surface area contributed by atoms with Crippen molar-refractivity contribution < 1.29 is 28.3 Å². The van der Waals surface area contributed by atoms with Crippen LogP contribution in [0, 0.1) is 16.7 Å². The predicted molar refractivity (Wildman–Crippen MR) is 144 cm³/mol. The van der Waals surface area contributed by atoms with Crippen LogP contribution in [0.5, 0.6) is 5.75 Å². The molecule has 3 aromatic rings. The zero-order chi connectivity index (χ0) is 29.2. The van der Waals surface area contributed by atoms with E-state index >= 15 is 0 Å². The number of nitrogens with zero attached hydrogens (tertiary/aromatic N) is 4. The number of nitriles is 1. The quantitative estimate of drug-likeness (QED) is 0.157. The van der Waals surface area contributed by atoms with Crippen molar-refractivity contribution in [3.63, 3.8) is 0 Å². The summed E-state index contributed by atoms with van der Waals surface area (Å²) in [6, 6.07) is 8.35. The molecule has 1 aliphatic rings. The van der Waals surface area contributed by atoms with Crippen LogP contribution in [-0.2, 0) is 18.6 Å². The van der Waals surface area contributed by atoms with E-state index < -0.39 is 55.6 Å². The van der Waals surface area contributed by atoms with Gasteiger partial charge in [0.25, 0.3) is 5.56 Å². The summed E-state index contributed by atoms with van der Waals surface area (Å²) < 4.78 is 32.0. The lowest BCUT2D eigenvalue weighted by atomic mass is 9.83. The number of anilines is 1. The highest BCUT2D eigenvalue weighted by atomic mass is 31.2. The summed E-state index contributed by atoms with van der Waals surface area (Å²) in [5, 5.41) is 23.9. The minimum atomic E-state index is -4.34. The summed E-state index contributed by atoms with van der Waals surface area (Å²) in [5.74, 6) is -0.644. The van der Waals surface area contributed by atoms with Gasteiger partial charge in [-0.2, -0.15) is 15.3 Å². The highest BCUT2D eigenvalue weighted by Gasteiger charge is 2.53. The van der Waals surface area contributed by atoms with Crippen LogP contribution in [0.4, 0.5) is 5.95 Å². The molecule has 0 aliphatic heterocycles. The number of para-hydroxylation sites is 1. The molecule has 1 aromatic carbocycles. The zero-order valence-corrected chi connectivity index (χ0v) is 23.0.